The molecule has 1 aromatic heterocycles. The molecule has 144 valence electrons. The Morgan fingerprint density at radius 1 is 1.18 bits per heavy atom. The highest BCUT2D eigenvalue weighted by Gasteiger charge is 2.35. The second kappa shape index (κ2) is 6.51. The van der Waals surface area contributed by atoms with Gasteiger partial charge in [-0.2, -0.15) is 0 Å². The Morgan fingerprint density at radius 3 is 2.68 bits per heavy atom. The van der Waals surface area contributed by atoms with E-state index in [4.69, 9.17) is 9.15 Å². The van der Waals surface area contributed by atoms with Crippen molar-refractivity contribution in [2.24, 2.45) is 0 Å². The molecule has 3 aromatic rings. The van der Waals surface area contributed by atoms with Crippen LogP contribution < -0.4 is 10.1 Å². The number of anilines is 1. The molecule has 0 saturated carbocycles. The summed E-state index contributed by atoms with van der Waals surface area (Å²) in [5, 5.41) is 3.59. The molecule has 1 amide bonds. The first-order valence-electron chi connectivity index (χ1n) is 9.48. The number of hydrogen-bond acceptors (Lipinski definition) is 4. The van der Waals surface area contributed by atoms with Crippen molar-refractivity contribution >= 4 is 28.3 Å². The third-order valence-electron chi connectivity index (χ3n) is 5.16. The first-order valence-corrected chi connectivity index (χ1v) is 9.48. The predicted molar refractivity (Wildman–Crippen MR) is 108 cm³/mol. The molecule has 0 fully saturated rings. The number of ether oxygens (including phenoxy) is 1. The van der Waals surface area contributed by atoms with Crippen molar-refractivity contribution in [3.05, 3.63) is 58.8 Å². The number of amides is 1. The average molecular weight is 377 g/mol. The summed E-state index contributed by atoms with van der Waals surface area (Å²) in [5.74, 6) is 0.435. The maximum absolute atomic E-state index is 12.9. The number of nitrogens with one attached hydrogen (secondary N) is 1. The number of aryl methyl sites for hydroxylation is 2. The lowest BCUT2D eigenvalue weighted by molar-refractivity contribution is 0.0623. The fraction of sp³-hybridized carbons (Fsp3) is 0.304. The van der Waals surface area contributed by atoms with E-state index in [0.717, 1.165) is 17.7 Å². The van der Waals surface area contributed by atoms with Crippen molar-refractivity contribution in [1.82, 2.24) is 0 Å². The van der Waals surface area contributed by atoms with Crippen LogP contribution in [-0.4, -0.2) is 17.3 Å². The first kappa shape index (κ1) is 18.3. The third-order valence-corrected chi connectivity index (χ3v) is 5.16. The molecule has 5 heteroatoms. The van der Waals surface area contributed by atoms with E-state index in [2.05, 4.69) is 5.32 Å². The molecule has 1 N–H and O–H groups in total. The molecule has 1 aliphatic rings. The lowest BCUT2D eigenvalue weighted by Gasteiger charge is -2.31. The van der Waals surface area contributed by atoms with E-state index in [1.807, 2.05) is 45.0 Å². The van der Waals surface area contributed by atoms with Gasteiger partial charge in [-0.15, -0.1) is 0 Å². The van der Waals surface area contributed by atoms with Crippen LogP contribution in [-0.2, 0) is 6.42 Å². The van der Waals surface area contributed by atoms with Crippen LogP contribution in [0.3, 0.4) is 0 Å². The van der Waals surface area contributed by atoms with Crippen molar-refractivity contribution in [3.63, 3.8) is 0 Å². The molecule has 0 aliphatic carbocycles. The minimum atomic E-state index is -0.542. The van der Waals surface area contributed by atoms with Gasteiger partial charge in [0.2, 0.25) is 0 Å². The molecule has 28 heavy (non-hydrogen) atoms. The van der Waals surface area contributed by atoms with Crippen molar-refractivity contribution in [2.45, 2.75) is 46.1 Å². The Hall–Kier alpha value is -3.08. The Bertz CT molecular complexity index is 1110. The molecule has 0 spiro atoms. The minimum Gasteiger partial charge on any atom is -0.487 e. The number of ketones is 1. The Balaban J connectivity index is 1.78. The number of para-hydroxylation sites is 1. The molecular weight excluding hydrogens is 354 g/mol. The summed E-state index contributed by atoms with van der Waals surface area (Å²) in [7, 11) is 0. The molecule has 2 aromatic carbocycles. The van der Waals surface area contributed by atoms with Gasteiger partial charge in [0.1, 0.15) is 16.9 Å². The number of benzene rings is 2. The van der Waals surface area contributed by atoms with Crippen LogP contribution in [0.4, 0.5) is 5.69 Å². The van der Waals surface area contributed by atoms with Crippen LogP contribution in [0, 0.1) is 6.92 Å². The largest absolute Gasteiger partial charge is 0.487 e. The average Bonchev–Trinajstić information content (AvgIpc) is 2.98. The van der Waals surface area contributed by atoms with Gasteiger partial charge in [-0.05, 0) is 51.0 Å². The molecule has 0 saturated heterocycles. The SMILES string of the molecule is CCc1ccccc1NC(=O)c1oc2ccc3c(c2c1C)C(=O)CC(C)(C)O3. The molecule has 1 aliphatic heterocycles. The minimum absolute atomic E-state index is 0.00374. The second-order valence-corrected chi connectivity index (χ2v) is 7.79. The highest BCUT2D eigenvalue weighted by Crippen LogP contribution is 2.40. The molecule has 5 nitrogen and oxygen atoms in total. The van der Waals surface area contributed by atoms with E-state index in [-0.39, 0.29) is 23.9 Å². The standard InChI is InChI=1S/C23H23NO4/c1-5-14-8-6-7-9-15(14)24-22(26)21-13(2)19-17(27-21)10-11-18-20(19)16(25)12-23(3,4)28-18/h6-11H,5,12H2,1-4H3,(H,24,26). The van der Waals surface area contributed by atoms with Gasteiger partial charge in [-0.1, -0.05) is 25.1 Å². The molecule has 0 radical (unpaired) electrons. The molecule has 2 heterocycles. The lowest BCUT2D eigenvalue weighted by Crippen LogP contribution is -2.35. The monoisotopic (exact) mass is 377 g/mol. The van der Waals surface area contributed by atoms with Crippen molar-refractivity contribution in [2.75, 3.05) is 5.32 Å². The summed E-state index contributed by atoms with van der Waals surface area (Å²) in [4.78, 5) is 25.7. The van der Waals surface area contributed by atoms with Gasteiger partial charge in [0.15, 0.2) is 11.5 Å². The fourth-order valence-corrected chi connectivity index (χ4v) is 3.84. The number of Topliss-reactive ketones (excluding diaryl/α,β-unsaturated/α-hetero) is 1. The van der Waals surface area contributed by atoms with E-state index in [9.17, 15) is 9.59 Å². The van der Waals surface area contributed by atoms with Crippen LogP contribution in [0.2, 0.25) is 0 Å². The highest BCUT2D eigenvalue weighted by molar-refractivity contribution is 6.14. The Kier molecular flexibility index (Phi) is 4.26. The number of fused-ring (bicyclic) bond motifs is 3. The smallest absolute Gasteiger partial charge is 0.291 e. The summed E-state index contributed by atoms with van der Waals surface area (Å²) in [6.45, 7) is 7.63. The third kappa shape index (κ3) is 2.97. The second-order valence-electron chi connectivity index (χ2n) is 7.79. The van der Waals surface area contributed by atoms with Gasteiger partial charge >= 0.3 is 0 Å². The molecular formula is C23H23NO4. The van der Waals surface area contributed by atoms with Gasteiger partial charge in [-0.3, -0.25) is 9.59 Å². The summed E-state index contributed by atoms with van der Waals surface area (Å²) in [5.41, 5.74) is 2.94. The fourth-order valence-electron chi connectivity index (χ4n) is 3.84. The zero-order valence-corrected chi connectivity index (χ0v) is 16.5. The van der Waals surface area contributed by atoms with E-state index in [1.165, 1.54) is 0 Å². The number of hydrogen-bond donors (Lipinski definition) is 1. The van der Waals surface area contributed by atoms with E-state index >= 15 is 0 Å². The van der Waals surface area contributed by atoms with Crippen LogP contribution in [0.15, 0.2) is 40.8 Å². The molecule has 0 bridgehead atoms. The number of carbonyl (C=O) groups is 2. The van der Waals surface area contributed by atoms with Crippen LogP contribution in [0.25, 0.3) is 11.0 Å². The van der Waals surface area contributed by atoms with Gasteiger partial charge in [0, 0.05) is 16.6 Å². The van der Waals surface area contributed by atoms with Gasteiger partial charge < -0.3 is 14.5 Å². The van der Waals surface area contributed by atoms with Crippen molar-refractivity contribution < 1.29 is 18.7 Å². The number of rotatable bonds is 3. The highest BCUT2D eigenvalue weighted by atomic mass is 16.5. The van der Waals surface area contributed by atoms with E-state index in [0.29, 0.717) is 27.8 Å². The van der Waals surface area contributed by atoms with Crippen molar-refractivity contribution in [3.8, 4) is 5.75 Å². The number of carbonyl (C=O) groups excluding carboxylic acids is 2. The normalized spacial score (nSPS) is 15.2. The quantitative estimate of drug-likeness (QED) is 0.672. The van der Waals surface area contributed by atoms with Gasteiger partial charge in [0.25, 0.3) is 5.91 Å². The Morgan fingerprint density at radius 2 is 1.93 bits per heavy atom. The van der Waals surface area contributed by atoms with Crippen molar-refractivity contribution in [1.29, 1.82) is 0 Å². The first-order chi connectivity index (χ1) is 13.3. The maximum Gasteiger partial charge on any atom is 0.291 e. The molecule has 0 atom stereocenters. The van der Waals surface area contributed by atoms with Crippen LogP contribution in [0.5, 0.6) is 5.75 Å². The molecule has 4 rings (SSSR count). The lowest BCUT2D eigenvalue weighted by atomic mass is 9.90. The maximum atomic E-state index is 12.9. The van der Waals surface area contributed by atoms with E-state index < -0.39 is 5.60 Å². The molecule has 0 unspecified atom stereocenters. The number of furan rings is 1. The topological polar surface area (TPSA) is 68.5 Å². The van der Waals surface area contributed by atoms with Gasteiger partial charge in [-0.25, -0.2) is 0 Å². The summed E-state index contributed by atoms with van der Waals surface area (Å²) < 4.78 is 11.8. The zero-order valence-electron chi connectivity index (χ0n) is 16.5. The summed E-state index contributed by atoms with van der Waals surface area (Å²) in [6.07, 6.45) is 1.10. The van der Waals surface area contributed by atoms with Crippen LogP contribution >= 0.6 is 0 Å². The summed E-state index contributed by atoms with van der Waals surface area (Å²) in [6, 6.07) is 11.2. The Labute approximate surface area is 163 Å². The summed E-state index contributed by atoms with van der Waals surface area (Å²) >= 11 is 0. The predicted octanol–water partition coefficient (Wildman–Crippen LogP) is 5.30. The van der Waals surface area contributed by atoms with Gasteiger partial charge in [0.05, 0.1) is 12.0 Å². The van der Waals surface area contributed by atoms with E-state index in [1.54, 1.807) is 19.1 Å². The van der Waals surface area contributed by atoms with Crippen LogP contribution in [0.1, 0.15) is 59.2 Å². The zero-order chi connectivity index (χ0) is 20.1.